The minimum absolute atomic E-state index is 0.443. The van der Waals surface area contributed by atoms with Crippen LogP contribution in [-0.4, -0.2) is 12.0 Å². The van der Waals surface area contributed by atoms with E-state index in [4.69, 9.17) is 0 Å². The molecule has 0 amide bonds. The predicted octanol–water partition coefficient (Wildman–Crippen LogP) is 3.48. The van der Waals surface area contributed by atoms with Gasteiger partial charge >= 0.3 is 0 Å². The van der Waals surface area contributed by atoms with Crippen molar-refractivity contribution in [3.8, 4) is 0 Å². The Morgan fingerprint density at radius 3 is 2.50 bits per heavy atom. The lowest BCUT2D eigenvalue weighted by Gasteiger charge is -2.23. The van der Waals surface area contributed by atoms with Gasteiger partial charge in [0.15, 0.2) is 0 Å². The minimum atomic E-state index is 0.443. The maximum Gasteiger partial charge on any atom is 0.0338 e. The van der Waals surface area contributed by atoms with Crippen LogP contribution in [0.2, 0.25) is 0 Å². The van der Waals surface area contributed by atoms with E-state index < -0.39 is 0 Å². The molecule has 0 spiro atoms. The molecule has 1 aromatic heterocycles. The molecule has 0 radical (unpaired) electrons. The maximum atomic E-state index is 4.23. The van der Waals surface area contributed by atoms with Gasteiger partial charge in [-0.15, -0.1) is 0 Å². The lowest BCUT2D eigenvalue weighted by Crippen LogP contribution is -2.20. The molecule has 0 aliphatic heterocycles. The number of nitrogens with one attached hydrogen (secondary N) is 1. The third-order valence-electron chi connectivity index (χ3n) is 3.53. The summed E-state index contributed by atoms with van der Waals surface area (Å²) >= 11 is 0. The van der Waals surface area contributed by atoms with Crippen molar-refractivity contribution in [1.29, 1.82) is 0 Å². The van der Waals surface area contributed by atoms with Crippen LogP contribution in [0.3, 0.4) is 0 Å². The predicted molar refractivity (Wildman–Crippen MR) is 69.5 cm³/mol. The van der Waals surface area contributed by atoms with Crippen LogP contribution in [0.25, 0.3) is 0 Å². The van der Waals surface area contributed by atoms with Gasteiger partial charge in [-0.25, -0.2) is 0 Å². The Labute approximate surface area is 99.5 Å². The Hall–Kier alpha value is -0.890. The van der Waals surface area contributed by atoms with E-state index in [1.54, 1.807) is 0 Å². The first-order valence-corrected chi connectivity index (χ1v) is 6.30. The third-order valence-corrected chi connectivity index (χ3v) is 3.53. The molecule has 0 bridgehead atoms. The van der Waals surface area contributed by atoms with Crippen molar-refractivity contribution >= 4 is 0 Å². The fourth-order valence-corrected chi connectivity index (χ4v) is 2.20. The SMILES string of the molecule is CCC(CC)CC(NC)c1cnccc1C. The first-order chi connectivity index (χ1) is 7.72. The molecule has 0 fully saturated rings. The van der Waals surface area contributed by atoms with Gasteiger partial charge in [-0.3, -0.25) is 4.98 Å². The van der Waals surface area contributed by atoms with Crippen LogP contribution in [0.1, 0.15) is 50.3 Å². The van der Waals surface area contributed by atoms with Crippen molar-refractivity contribution in [3.05, 3.63) is 29.6 Å². The topological polar surface area (TPSA) is 24.9 Å². The summed E-state index contributed by atoms with van der Waals surface area (Å²) in [6.07, 6.45) is 7.58. The van der Waals surface area contributed by atoms with E-state index in [2.05, 4.69) is 37.1 Å². The molecule has 0 saturated heterocycles. The fraction of sp³-hybridized carbons (Fsp3) is 0.643. The molecule has 1 N–H and O–H groups in total. The van der Waals surface area contributed by atoms with E-state index in [-0.39, 0.29) is 0 Å². The second-order valence-corrected chi connectivity index (χ2v) is 4.49. The molecule has 0 aliphatic rings. The molecular weight excluding hydrogens is 196 g/mol. The fourth-order valence-electron chi connectivity index (χ4n) is 2.20. The zero-order valence-corrected chi connectivity index (χ0v) is 11.0. The van der Waals surface area contributed by atoms with Gasteiger partial charge in [-0.05, 0) is 43.5 Å². The van der Waals surface area contributed by atoms with Crippen molar-refractivity contribution in [1.82, 2.24) is 10.3 Å². The van der Waals surface area contributed by atoms with Gasteiger partial charge in [0.25, 0.3) is 0 Å². The summed E-state index contributed by atoms with van der Waals surface area (Å²) in [4.78, 5) is 4.23. The zero-order chi connectivity index (χ0) is 12.0. The highest BCUT2D eigenvalue weighted by molar-refractivity contribution is 5.25. The molecule has 16 heavy (non-hydrogen) atoms. The van der Waals surface area contributed by atoms with Crippen molar-refractivity contribution < 1.29 is 0 Å². The van der Waals surface area contributed by atoms with E-state index in [9.17, 15) is 0 Å². The largest absolute Gasteiger partial charge is 0.313 e. The molecule has 1 aromatic rings. The van der Waals surface area contributed by atoms with Crippen LogP contribution in [0.4, 0.5) is 0 Å². The molecule has 1 rings (SSSR count). The molecule has 1 atom stereocenters. The van der Waals surface area contributed by atoms with Crippen LogP contribution in [-0.2, 0) is 0 Å². The Balaban J connectivity index is 2.78. The van der Waals surface area contributed by atoms with Crippen molar-refractivity contribution in [2.24, 2.45) is 5.92 Å². The second-order valence-electron chi connectivity index (χ2n) is 4.49. The summed E-state index contributed by atoms with van der Waals surface area (Å²) in [5.74, 6) is 0.803. The summed E-state index contributed by atoms with van der Waals surface area (Å²) in [7, 11) is 2.04. The Morgan fingerprint density at radius 1 is 1.31 bits per heavy atom. The Bertz CT molecular complexity index is 305. The molecule has 0 aliphatic carbocycles. The third kappa shape index (κ3) is 3.31. The summed E-state index contributed by atoms with van der Waals surface area (Å²) in [5.41, 5.74) is 2.68. The average molecular weight is 220 g/mol. The number of nitrogens with zero attached hydrogens (tertiary/aromatic N) is 1. The van der Waals surface area contributed by atoms with Crippen molar-refractivity contribution in [3.63, 3.8) is 0 Å². The van der Waals surface area contributed by atoms with Crippen molar-refractivity contribution in [2.45, 2.75) is 46.1 Å². The van der Waals surface area contributed by atoms with Gasteiger partial charge in [-0.2, -0.15) is 0 Å². The molecule has 1 heterocycles. The quantitative estimate of drug-likeness (QED) is 0.794. The van der Waals surface area contributed by atoms with Gasteiger partial charge in [0.05, 0.1) is 0 Å². The average Bonchev–Trinajstić information content (AvgIpc) is 2.32. The molecule has 1 unspecified atom stereocenters. The number of rotatable bonds is 6. The highest BCUT2D eigenvalue weighted by Crippen LogP contribution is 2.26. The minimum Gasteiger partial charge on any atom is -0.313 e. The van der Waals surface area contributed by atoms with Gasteiger partial charge in [0, 0.05) is 18.4 Å². The lowest BCUT2D eigenvalue weighted by molar-refractivity contribution is 0.384. The van der Waals surface area contributed by atoms with E-state index >= 15 is 0 Å². The summed E-state index contributed by atoms with van der Waals surface area (Å²) < 4.78 is 0. The van der Waals surface area contributed by atoms with E-state index in [0.717, 1.165) is 5.92 Å². The highest BCUT2D eigenvalue weighted by atomic mass is 14.9. The number of pyridine rings is 1. The normalized spacial score (nSPS) is 13.1. The van der Waals surface area contributed by atoms with E-state index in [1.807, 2.05) is 19.4 Å². The number of hydrogen-bond acceptors (Lipinski definition) is 2. The van der Waals surface area contributed by atoms with Crippen LogP contribution < -0.4 is 5.32 Å². The summed E-state index contributed by atoms with van der Waals surface area (Å²) in [6, 6.07) is 2.53. The van der Waals surface area contributed by atoms with Crippen LogP contribution >= 0.6 is 0 Å². The van der Waals surface area contributed by atoms with E-state index in [0.29, 0.717) is 6.04 Å². The molecule has 90 valence electrons. The van der Waals surface area contributed by atoms with Gasteiger partial charge < -0.3 is 5.32 Å². The molecule has 2 nitrogen and oxygen atoms in total. The Morgan fingerprint density at radius 2 is 2.00 bits per heavy atom. The number of hydrogen-bond donors (Lipinski definition) is 1. The summed E-state index contributed by atoms with van der Waals surface area (Å²) in [6.45, 7) is 6.71. The molecule has 2 heteroatoms. The highest BCUT2D eigenvalue weighted by Gasteiger charge is 2.16. The molecule has 0 aromatic carbocycles. The van der Waals surface area contributed by atoms with Crippen LogP contribution in [0, 0.1) is 12.8 Å². The second kappa shape index (κ2) is 6.64. The maximum absolute atomic E-state index is 4.23. The zero-order valence-electron chi connectivity index (χ0n) is 11.0. The van der Waals surface area contributed by atoms with Gasteiger partial charge in [-0.1, -0.05) is 26.7 Å². The van der Waals surface area contributed by atoms with Gasteiger partial charge in [0.2, 0.25) is 0 Å². The summed E-state index contributed by atoms with van der Waals surface area (Å²) in [5, 5.41) is 3.42. The van der Waals surface area contributed by atoms with E-state index in [1.165, 1.54) is 30.4 Å². The first kappa shape index (κ1) is 13.2. The van der Waals surface area contributed by atoms with Crippen molar-refractivity contribution in [2.75, 3.05) is 7.05 Å². The molecular formula is C14H24N2. The molecule has 0 saturated carbocycles. The monoisotopic (exact) mass is 220 g/mol. The first-order valence-electron chi connectivity index (χ1n) is 6.30. The lowest BCUT2D eigenvalue weighted by atomic mass is 9.90. The standard InChI is InChI=1S/C14H24N2/c1-5-12(6-2)9-14(15-4)13-10-16-8-7-11(13)3/h7-8,10,12,14-15H,5-6,9H2,1-4H3. The Kier molecular flexibility index (Phi) is 5.47. The van der Waals surface area contributed by atoms with Crippen LogP contribution in [0.15, 0.2) is 18.5 Å². The smallest absolute Gasteiger partial charge is 0.0338 e. The van der Waals surface area contributed by atoms with Gasteiger partial charge in [0.1, 0.15) is 0 Å². The number of aryl methyl sites for hydroxylation is 1. The van der Waals surface area contributed by atoms with Crippen LogP contribution in [0.5, 0.6) is 0 Å². The number of aromatic nitrogens is 1.